The number of fused-ring (bicyclic) bond motifs is 1. The lowest BCUT2D eigenvalue weighted by atomic mass is 10.1. The first-order valence-electron chi connectivity index (χ1n) is 9.22. The molecule has 1 aliphatic rings. The van der Waals surface area contributed by atoms with E-state index in [-0.39, 0.29) is 24.8 Å². The largest absolute Gasteiger partial charge is 0.490 e. The molecule has 7 heteroatoms. The van der Waals surface area contributed by atoms with Gasteiger partial charge in [-0.3, -0.25) is 9.59 Å². The Morgan fingerprint density at radius 3 is 2.61 bits per heavy atom. The number of hydrogen-bond acceptors (Lipinski definition) is 4. The minimum absolute atomic E-state index is 0.107. The molecule has 2 aromatic carbocycles. The molecule has 0 fully saturated rings. The molecule has 2 aromatic rings. The van der Waals surface area contributed by atoms with E-state index in [0.29, 0.717) is 36.1 Å². The molecule has 6 nitrogen and oxygen atoms in total. The highest BCUT2D eigenvalue weighted by molar-refractivity contribution is 6.33. The van der Waals surface area contributed by atoms with Gasteiger partial charge in [-0.2, -0.15) is 0 Å². The lowest BCUT2D eigenvalue weighted by Crippen LogP contribution is -2.33. The first-order valence-corrected chi connectivity index (χ1v) is 9.60. The zero-order valence-corrected chi connectivity index (χ0v) is 16.5. The number of hydrogen-bond donors (Lipinski definition) is 2. The van der Waals surface area contributed by atoms with E-state index >= 15 is 0 Å². The SMILES string of the molecule is Cc1ccc(NC(=O)CNC(=O)CCc2ccc3c(c2)OCCCO3)c(Cl)c1. The summed E-state index contributed by atoms with van der Waals surface area (Å²) in [5, 5.41) is 5.78. The highest BCUT2D eigenvalue weighted by atomic mass is 35.5. The van der Waals surface area contributed by atoms with Crippen molar-refractivity contribution < 1.29 is 19.1 Å². The third-order valence-corrected chi connectivity index (χ3v) is 4.61. The van der Waals surface area contributed by atoms with Crippen LogP contribution in [-0.2, 0) is 16.0 Å². The molecule has 0 saturated carbocycles. The van der Waals surface area contributed by atoms with Gasteiger partial charge < -0.3 is 20.1 Å². The second-order valence-corrected chi connectivity index (χ2v) is 7.05. The van der Waals surface area contributed by atoms with E-state index < -0.39 is 0 Å². The molecule has 0 radical (unpaired) electrons. The minimum atomic E-state index is -0.324. The Morgan fingerprint density at radius 2 is 1.82 bits per heavy atom. The fraction of sp³-hybridized carbons (Fsp3) is 0.333. The van der Waals surface area contributed by atoms with Crippen molar-refractivity contribution in [3.63, 3.8) is 0 Å². The first kappa shape index (κ1) is 20.0. The number of halogens is 1. The van der Waals surface area contributed by atoms with Crippen molar-refractivity contribution in [2.24, 2.45) is 0 Å². The van der Waals surface area contributed by atoms with Gasteiger partial charge in [0.1, 0.15) is 0 Å². The van der Waals surface area contributed by atoms with Crippen LogP contribution in [0.1, 0.15) is 24.0 Å². The molecule has 1 aliphatic heterocycles. The summed E-state index contributed by atoms with van der Waals surface area (Å²) in [7, 11) is 0. The molecule has 0 aliphatic carbocycles. The number of aryl methyl sites for hydroxylation is 2. The van der Waals surface area contributed by atoms with Crippen LogP contribution in [-0.4, -0.2) is 31.6 Å². The number of anilines is 1. The van der Waals surface area contributed by atoms with E-state index in [2.05, 4.69) is 10.6 Å². The standard InChI is InChI=1S/C21H23ClN2O4/c1-14-3-6-17(16(22)11-14)24-21(26)13-23-20(25)8-5-15-4-7-18-19(12-15)28-10-2-9-27-18/h3-4,6-7,11-12H,2,5,8-10,13H2,1H3,(H,23,25)(H,24,26). The Morgan fingerprint density at radius 1 is 1.04 bits per heavy atom. The second-order valence-electron chi connectivity index (χ2n) is 6.64. The molecule has 2 amide bonds. The number of ether oxygens (including phenoxy) is 2. The fourth-order valence-electron chi connectivity index (χ4n) is 2.80. The summed E-state index contributed by atoms with van der Waals surface area (Å²) in [6, 6.07) is 11.1. The Kier molecular flexibility index (Phi) is 6.76. The van der Waals surface area contributed by atoms with Crippen LogP contribution in [0.25, 0.3) is 0 Å². The van der Waals surface area contributed by atoms with Crippen LogP contribution < -0.4 is 20.1 Å². The number of carbonyl (C=O) groups excluding carboxylic acids is 2. The van der Waals surface area contributed by atoms with Crippen LogP contribution in [0.2, 0.25) is 5.02 Å². The van der Waals surface area contributed by atoms with Gasteiger partial charge in [-0.25, -0.2) is 0 Å². The minimum Gasteiger partial charge on any atom is -0.490 e. The molecule has 3 rings (SSSR count). The van der Waals surface area contributed by atoms with Crippen LogP contribution >= 0.6 is 11.6 Å². The van der Waals surface area contributed by atoms with E-state index in [4.69, 9.17) is 21.1 Å². The molecule has 28 heavy (non-hydrogen) atoms. The maximum absolute atomic E-state index is 12.1. The van der Waals surface area contributed by atoms with Crippen LogP contribution in [0.3, 0.4) is 0 Å². The van der Waals surface area contributed by atoms with Crippen molar-refractivity contribution in [1.82, 2.24) is 5.32 Å². The van der Waals surface area contributed by atoms with Crippen molar-refractivity contribution in [3.8, 4) is 11.5 Å². The van der Waals surface area contributed by atoms with E-state index in [1.54, 1.807) is 12.1 Å². The fourth-order valence-corrected chi connectivity index (χ4v) is 3.09. The van der Waals surface area contributed by atoms with E-state index in [1.807, 2.05) is 31.2 Å². The molecule has 0 aromatic heterocycles. The van der Waals surface area contributed by atoms with Gasteiger partial charge in [0, 0.05) is 12.8 Å². The molecule has 0 atom stereocenters. The topological polar surface area (TPSA) is 76.7 Å². The summed E-state index contributed by atoms with van der Waals surface area (Å²) in [4.78, 5) is 24.1. The summed E-state index contributed by atoms with van der Waals surface area (Å²) >= 11 is 6.09. The highest BCUT2D eigenvalue weighted by Gasteiger charge is 2.12. The Labute approximate surface area is 169 Å². The quantitative estimate of drug-likeness (QED) is 0.775. The highest BCUT2D eigenvalue weighted by Crippen LogP contribution is 2.30. The van der Waals surface area contributed by atoms with Crippen LogP contribution in [0.5, 0.6) is 11.5 Å². The van der Waals surface area contributed by atoms with E-state index in [0.717, 1.165) is 23.3 Å². The maximum Gasteiger partial charge on any atom is 0.243 e. The van der Waals surface area contributed by atoms with Crippen LogP contribution in [0.15, 0.2) is 36.4 Å². The lowest BCUT2D eigenvalue weighted by molar-refractivity contribution is -0.124. The summed E-state index contributed by atoms with van der Waals surface area (Å²) in [5.41, 5.74) is 2.51. The Hall–Kier alpha value is -2.73. The van der Waals surface area contributed by atoms with Gasteiger partial charge in [0.25, 0.3) is 0 Å². The zero-order chi connectivity index (χ0) is 19.9. The molecule has 0 bridgehead atoms. The normalized spacial score (nSPS) is 12.8. The van der Waals surface area contributed by atoms with Gasteiger partial charge >= 0.3 is 0 Å². The predicted molar refractivity (Wildman–Crippen MR) is 108 cm³/mol. The summed E-state index contributed by atoms with van der Waals surface area (Å²) in [6.45, 7) is 3.08. The maximum atomic E-state index is 12.1. The molecule has 0 unspecified atom stereocenters. The van der Waals surface area contributed by atoms with Gasteiger partial charge in [0.15, 0.2) is 11.5 Å². The van der Waals surface area contributed by atoms with Crippen molar-refractivity contribution in [3.05, 3.63) is 52.5 Å². The van der Waals surface area contributed by atoms with Gasteiger partial charge in [-0.05, 0) is 48.7 Å². The van der Waals surface area contributed by atoms with Crippen LogP contribution in [0.4, 0.5) is 5.69 Å². The Bertz CT molecular complexity index is 869. The zero-order valence-electron chi connectivity index (χ0n) is 15.7. The molecule has 148 valence electrons. The Balaban J connectivity index is 1.44. The molecule has 2 N–H and O–H groups in total. The molecule has 0 saturated heterocycles. The first-order chi connectivity index (χ1) is 13.5. The average Bonchev–Trinajstić information content (AvgIpc) is 2.92. The smallest absolute Gasteiger partial charge is 0.243 e. The molecule has 1 heterocycles. The van der Waals surface area contributed by atoms with Crippen LogP contribution in [0, 0.1) is 6.92 Å². The molecular weight excluding hydrogens is 380 g/mol. The van der Waals surface area contributed by atoms with Gasteiger partial charge in [0.05, 0.1) is 30.5 Å². The molecular formula is C21H23ClN2O4. The van der Waals surface area contributed by atoms with Crippen molar-refractivity contribution in [1.29, 1.82) is 0 Å². The summed E-state index contributed by atoms with van der Waals surface area (Å²) < 4.78 is 11.3. The predicted octanol–water partition coefficient (Wildman–Crippen LogP) is 3.50. The van der Waals surface area contributed by atoms with E-state index in [9.17, 15) is 9.59 Å². The molecule has 0 spiro atoms. The average molecular weight is 403 g/mol. The third kappa shape index (κ3) is 5.63. The second kappa shape index (κ2) is 9.46. The number of carbonyl (C=O) groups is 2. The summed E-state index contributed by atoms with van der Waals surface area (Å²) in [6.07, 6.45) is 1.67. The van der Waals surface area contributed by atoms with E-state index in [1.165, 1.54) is 0 Å². The van der Waals surface area contributed by atoms with Gasteiger partial charge in [-0.1, -0.05) is 23.7 Å². The van der Waals surface area contributed by atoms with Gasteiger partial charge in [-0.15, -0.1) is 0 Å². The number of amides is 2. The summed E-state index contributed by atoms with van der Waals surface area (Å²) in [5.74, 6) is 0.925. The third-order valence-electron chi connectivity index (χ3n) is 4.30. The van der Waals surface area contributed by atoms with Crippen molar-refractivity contribution in [2.75, 3.05) is 25.1 Å². The van der Waals surface area contributed by atoms with Crippen molar-refractivity contribution in [2.45, 2.75) is 26.2 Å². The van der Waals surface area contributed by atoms with Gasteiger partial charge in [0.2, 0.25) is 11.8 Å². The number of benzene rings is 2. The number of rotatable bonds is 6. The monoisotopic (exact) mass is 402 g/mol. The lowest BCUT2D eigenvalue weighted by Gasteiger charge is -2.10. The number of nitrogens with one attached hydrogen (secondary N) is 2. The van der Waals surface area contributed by atoms with Crippen molar-refractivity contribution >= 4 is 29.1 Å².